The highest BCUT2D eigenvalue weighted by molar-refractivity contribution is 5.81. The molecular formula is C19H20O2. The summed E-state index contributed by atoms with van der Waals surface area (Å²) in [5, 5.41) is 0. The van der Waals surface area contributed by atoms with Gasteiger partial charge in [0.1, 0.15) is 11.5 Å². The van der Waals surface area contributed by atoms with E-state index in [2.05, 4.69) is 25.1 Å². The monoisotopic (exact) mass is 280 g/mol. The van der Waals surface area contributed by atoms with Gasteiger partial charge in [0.15, 0.2) is 0 Å². The molecule has 21 heavy (non-hydrogen) atoms. The summed E-state index contributed by atoms with van der Waals surface area (Å²) in [6.07, 6.45) is 2.95. The van der Waals surface area contributed by atoms with E-state index in [4.69, 9.17) is 4.74 Å². The van der Waals surface area contributed by atoms with E-state index in [0.717, 1.165) is 30.8 Å². The molecule has 0 amide bonds. The number of benzene rings is 2. The lowest BCUT2D eigenvalue weighted by Gasteiger charge is -2.06. The van der Waals surface area contributed by atoms with Crippen molar-refractivity contribution in [3.63, 3.8) is 0 Å². The van der Waals surface area contributed by atoms with Crippen LogP contribution in [0.15, 0.2) is 42.5 Å². The summed E-state index contributed by atoms with van der Waals surface area (Å²) in [6, 6.07) is 14.4. The Morgan fingerprint density at radius 1 is 1.19 bits per heavy atom. The van der Waals surface area contributed by atoms with Crippen molar-refractivity contribution in [2.24, 2.45) is 0 Å². The number of carbonyl (C=O) groups is 1. The Morgan fingerprint density at radius 3 is 2.90 bits per heavy atom. The highest BCUT2D eigenvalue weighted by Crippen LogP contribution is 2.26. The van der Waals surface area contributed by atoms with E-state index in [0.29, 0.717) is 18.6 Å². The Labute approximate surface area is 125 Å². The first-order valence-electron chi connectivity index (χ1n) is 7.53. The molecule has 0 spiro atoms. The minimum absolute atomic E-state index is 0.307. The Balaban J connectivity index is 1.58. The maximum Gasteiger partial charge on any atom is 0.137 e. The summed E-state index contributed by atoms with van der Waals surface area (Å²) in [5.74, 6) is 1.31. The average molecular weight is 280 g/mol. The zero-order valence-corrected chi connectivity index (χ0v) is 12.4. The fourth-order valence-electron chi connectivity index (χ4n) is 2.79. The molecule has 0 bridgehead atoms. The molecule has 1 aliphatic heterocycles. The lowest BCUT2D eigenvalue weighted by molar-refractivity contribution is -0.118. The molecule has 2 aromatic rings. The number of Topliss-reactive ketones (excluding diaryl/α,β-unsaturated/α-hetero) is 1. The fourth-order valence-corrected chi connectivity index (χ4v) is 2.79. The molecular weight excluding hydrogens is 260 g/mol. The van der Waals surface area contributed by atoms with Crippen molar-refractivity contribution in [1.82, 2.24) is 0 Å². The Hall–Kier alpha value is -2.09. The average Bonchev–Trinajstić information content (AvgIpc) is 2.95. The number of hydrogen-bond acceptors (Lipinski definition) is 2. The Morgan fingerprint density at radius 2 is 2.05 bits per heavy atom. The van der Waals surface area contributed by atoms with Crippen LogP contribution in [0, 0.1) is 6.92 Å². The Kier molecular flexibility index (Phi) is 4.05. The fraction of sp³-hybridized carbons (Fsp3) is 0.316. The maximum absolute atomic E-state index is 12.1. The molecule has 1 aliphatic rings. The van der Waals surface area contributed by atoms with E-state index < -0.39 is 0 Å². The van der Waals surface area contributed by atoms with E-state index in [-0.39, 0.29) is 0 Å². The van der Waals surface area contributed by atoms with Crippen molar-refractivity contribution >= 4 is 5.78 Å². The van der Waals surface area contributed by atoms with Crippen molar-refractivity contribution in [3.8, 4) is 5.75 Å². The van der Waals surface area contributed by atoms with Crippen LogP contribution in [-0.4, -0.2) is 12.4 Å². The second-order valence-electron chi connectivity index (χ2n) is 5.68. The molecule has 2 aromatic carbocycles. The third kappa shape index (κ3) is 3.33. The molecule has 1 heterocycles. The predicted octanol–water partition coefficient (Wildman–Crippen LogP) is 3.67. The van der Waals surface area contributed by atoms with Gasteiger partial charge < -0.3 is 4.74 Å². The molecule has 108 valence electrons. The van der Waals surface area contributed by atoms with Crippen LogP contribution in [0.2, 0.25) is 0 Å². The summed E-state index contributed by atoms with van der Waals surface area (Å²) in [7, 11) is 0. The summed E-state index contributed by atoms with van der Waals surface area (Å²) in [4.78, 5) is 12.1. The van der Waals surface area contributed by atoms with Crippen molar-refractivity contribution in [1.29, 1.82) is 0 Å². The van der Waals surface area contributed by atoms with Gasteiger partial charge in [-0.3, -0.25) is 4.79 Å². The molecule has 0 N–H and O–H groups in total. The summed E-state index contributed by atoms with van der Waals surface area (Å²) in [6.45, 7) is 2.84. The van der Waals surface area contributed by atoms with E-state index in [9.17, 15) is 4.79 Å². The molecule has 0 fully saturated rings. The topological polar surface area (TPSA) is 26.3 Å². The molecule has 2 heteroatoms. The highest BCUT2D eigenvalue weighted by atomic mass is 16.5. The minimum Gasteiger partial charge on any atom is -0.493 e. The molecule has 0 saturated carbocycles. The van der Waals surface area contributed by atoms with Crippen LogP contribution in [0.1, 0.15) is 28.7 Å². The smallest absolute Gasteiger partial charge is 0.137 e. The van der Waals surface area contributed by atoms with Crippen LogP contribution in [0.3, 0.4) is 0 Å². The number of carbonyl (C=O) groups excluding carboxylic acids is 1. The van der Waals surface area contributed by atoms with Gasteiger partial charge in [-0.15, -0.1) is 0 Å². The van der Waals surface area contributed by atoms with Crippen molar-refractivity contribution in [2.45, 2.75) is 32.6 Å². The lowest BCUT2D eigenvalue weighted by atomic mass is 9.98. The van der Waals surface area contributed by atoms with E-state index in [1.54, 1.807) is 0 Å². The third-order valence-corrected chi connectivity index (χ3v) is 4.10. The van der Waals surface area contributed by atoms with Crippen LogP contribution < -0.4 is 4.74 Å². The van der Waals surface area contributed by atoms with Gasteiger partial charge in [0.25, 0.3) is 0 Å². The molecule has 0 unspecified atom stereocenters. The lowest BCUT2D eigenvalue weighted by Crippen LogP contribution is -2.05. The molecule has 2 nitrogen and oxygen atoms in total. The number of ketones is 1. The predicted molar refractivity (Wildman–Crippen MR) is 83.9 cm³/mol. The zero-order chi connectivity index (χ0) is 14.7. The van der Waals surface area contributed by atoms with Gasteiger partial charge in [-0.05, 0) is 41.7 Å². The van der Waals surface area contributed by atoms with E-state index >= 15 is 0 Å². The summed E-state index contributed by atoms with van der Waals surface area (Å²) in [5.41, 5.74) is 4.85. The zero-order valence-electron chi connectivity index (χ0n) is 12.4. The normalized spacial score (nSPS) is 12.8. The molecule has 0 aromatic heterocycles. The van der Waals surface area contributed by atoms with Crippen LogP contribution in [0.4, 0.5) is 0 Å². The minimum atomic E-state index is 0.307. The van der Waals surface area contributed by atoms with Crippen molar-refractivity contribution in [2.75, 3.05) is 6.61 Å². The van der Waals surface area contributed by atoms with Gasteiger partial charge in [0.2, 0.25) is 0 Å². The highest BCUT2D eigenvalue weighted by Gasteiger charge is 2.12. The van der Waals surface area contributed by atoms with Gasteiger partial charge in [-0.1, -0.05) is 36.4 Å². The van der Waals surface area contributed by atoms with Gasteiger partial charge in [0.05, 0.1) is 6.61 Å². The van der Waals surface area contributed by atoms with Crippen LogP contribution in [0.25, 0.3) is 0 Å². The molecule has 0 radical (unpaired) electrons. The van der Waals surface area contributed by atoms with Crippen LogP contribution in [0.5, 0.6) is 5.75 Å². The van der Waals surface area contributed by atoms with Gasteiger partial charge in [-0.25, -0.2) is 0 Å². The molecule has 0 aliphatic carbocycles. The number of aryl methyl sites for hydroxylation is 2. The second kappa shape index (κ2) is 6.13. The summed E-state index contributed by atoms with van der Waals surface area (Å²) >= 11 is 0. The number of ether oxygens (including phenoxy) is 1. The standard InChI is InChI=1S/C19H20O2/c1-14-4-2-3-5-16(14)13-18(20)8-6-15-7-9-19-17(12-15)10-11-21-19/h2-5,7,9,12H,6,8,10-11,13H2,1H3. The van der Waals surface area contributed by atoms with Crippen molar-refractivity contribution in [3.05, 3.63) is 64.7 Å². The van der Waals surface area contributed by atoms with E-state index in [1.807, 2.05) is 24.3 Å². The second-order valence-corrected chi connectivity index (χ2v) is 5.68. The van der Waals surface area contributed by atoms with Gasteiger partial charge in [0, 0.05) is 19.3 Å². The first-order chi connectivity index (χ1) is 10.2. The number of rotatable bonds is 5. The first kappa shape index (κ1) is 13.9. The largest absolute Gasteiger partial charge is 0.493 e. The molecule has 3 rings (SSSR count). The SMILES string of the molecule is Cc1ccccc1CC(=O)CCc1ccc2c(c1)CCO2. The Bertz CT molecular complexity index is 658. The quantitative estimate of drug-likeness (QED) is 0.835. The first-order valence-corrected chi connectivity index (χ1v) is 7.53. The van der Waals surface area contributed by atoms with Gasteiger partial charge >= 0.3 is 0 Å². The summed E-state index contributed by atoms with van der Waals surface area (Å²) < 4.78 is 5.50. The molecule has 0 saturated heterocycles. The third-order valence-electron chi connectivity index (χ3n) is 4.10. The van der Waals surface area contributed by atoms with Gasteiger partial charge in [-0.2, -0.15) is 0 Å². The molecule has 0 atom stereocenters. The maximum atomic E-state index is 12.1. The van der Waals surface area contributed by atoms with Crippen molar-refractivity contribution < 1.29 is 9.53 Å². The number of fused-ring (bicyclic) bond motifs is 1. The van der Waals surface area contributed by atoms with E-state index in [1.165, 1.54) is 16.7 Å². The van der Waals surface area contributed by atoms with Crippen LogP contribution in [-0.2, 0) is 24.1 Å². The van der Waals surface area contributed by atoms with Crippen LogP contribution >= 0.6 is 0 Å². The number of hydrogen-bond donors (Lipinski definition) is 0.